The smallest absolute Gasteiger partial charge is 0.844 e. The summed E-state index contributed by atoms with van der Waals surface area (Å²) in [5.74, 6) is -8.17. The summed E-state index contributed by atoms with van der Waals surface area (Å²) in [4.78, 5) is 58.2. The Morgan fingerprint density at radius 1 is 0.611 bits per heavy atom. The fourth-order valence-electron chi connectivity index (χ4n) is 6.21. The number of carbonyl (C=O) groups is 4. The molecule has 27 nitrogen and oxygen atoms in total. The van der Waals surface area contributed by atoms with Crippen molar-refractivity contribution in [2.45, 2.75) is 23.9 Å². The van der Waals surface area contributed by atoms with Crippen LogP contribution in [0.15, 0.2) is 73.0 Å². The fraction of sp³-hybridized carbons (Fsp3) is 0.105. The molecule has 0 bridgehead atoms. The van der Waals surface area contributed by atoms with Crippen molar-refractivity contribution in [3.63, 3.8) is 0 Å². The number of nitriles is 1. The third kappa shape index (κ3) is 12.0. The number of thioether (sulfide) groups is 2. The van der Waals surface area contributed by atoms with E-state index in [0.29, 0.717) is 0 Å². The van der Waals surface area contributed by atoms with Crippen molar-refractivity contribution < 1.29 is 139 Å². The number of benzene rings is 2. The molecule has 0 radical (unpaired) electrons. The maximum atomic E-state index is 13.0. The minimum Gasteiger partial charge on any atom is -0.844 e. The Bertz CT molecular complexity index is 3150. The molecule has 7 aromatic rings. The van der Waals surface area contributed by atoms with Gasteiger partial charge in [0.05, 0.1) is 59.2 Å². The minimum atomic E-state index is -1.70. The van der Waals surface area contributed by atoms with Gasteiger partial charge in [0.2, 0.25) is 0 Å². The summed E-state index contributed by atoms with van der Waals surface area (Å²) in [7, 11) is 0. The van der Waals surface area contributed by atoms with Gasteiger partial charge in [0.1, 0.15) is 21.7 Å². The minimum absolute atomic E-state index is 0. The number of carboxylic acids is 4. The summed E-state index contributed by atoms with van der Waals surface area (Å²) < 4.78 is 4.05. The van der Waals surface area contributed by atoms with E-state index in [1.807, 2.05) is 6.07 Å². The number of aryl methyl sites for hydroxylation is 2. The van der Waals surface area contributed by atoms with Gasteiger partial charge in [0, 0.05) is 6.07 Å². The van der Waals surface area contributed by atoms with E-state index in [-0.39, 0.29) is 185 Å². The Morgan fingerprint density at radius 2 is 0.986 bits per heavy atom. The quantitative estimate of drug-likeness (QED) is 0.0442. The Labute approximate surface area is 473 Å². The zero-order chi connectivity index (χ0) is 48.6. The molecule has 0 amide bonds. The van der Waals surface area contributed by atoms with Crippen LogP contribution in [0.1, 0.15) is 58.4 Å². The molecule has 0 aliphatic heterocycles. The van der Waals surface area contributed by atoms with Gasteiger partial charge in [-0.1, -0.05) is 0 Å². The van der Waals surface area contributed by atoms with Crippen LogP contribution >= 0.6 is 23.5 Å². The summed E-state index contributed by atoms with van der Waals surface area (Å²) >= 11 is 2.08. The van der Waals surface area contributed by atoms with Crippen LogP contribution in [0.3, 0.4) is 0 Å². The molecule has 5 aromatic heterocycles. The number of rotatable bonds is 14. The van der Waals surface area contributed by atoms with Gasteiger partial charge in [0.25, 0.3) is 5.69 Å². The Morgan fingerprint density at radius 3 is 1.35 bits per heavy atom. The van der Waals surface area contributed by atoms with Crippen molar-refractivity contribution in [2.24, 2.45) is 20.5 Å². The van der Waals surface area contributed by atoms with Crippen molar-refractivity contribution in [1.82, 2.24) is 49.1 Å². The first-order valence-corrected chi connectivity index (χ1v) is 20.7. The Kier molecular flexibility index (Phi) is 21.6. The van der Waals surface area contributed by atoms with Crippen LogP contribution in [-0.4, -0.2) is 85.5 Å². The average molecular weight is 975 g/mol. The van der Waals surface area contributed by atoms with Crippen LogP contribution in [-0.2, 0) is 0 Å². The Hall–Kier alpha value is -6.49. The molecule has 0 atom stereocenters. The van der Waals surface area contributed by atoms with Gasteiger partial charge in [-0.2, -0.15) is 35.0 Å². The predicted octanol–water partition coefficient (Wildman–Crippen LogP) is -14.8. The van der Waals surface area contributed by atoms with E-state index in [0.717, 1.165) is 78.6 Å². The number of nitrogens with two attached hydrogens (primary N) is 2. The number of aromatic carboxylic acids is 4. The van der Waals surface area contributed by atoms with Gasteiger partial charge in [-0.05, 0) is 85.0 Å². The topological polar surface area (TPSA) is 410 Å². The molecule has 0 aliphatic rings. The molecule has 0 fully saturated rings. The number of carboxylic acid groups (broad SMARTS) is 4. The van der Waals surface area contributed by atoms with Crippen LogP contribution in [0.2, 0.25) is 0 Å². The van der Waals surface area contributed by atoms with Crippen molar-refractivity contribution in [3.05, 3.63) is 93.1 Å². The molecule has 0 saturated carbocycles. The third-order valence-electron chi connectivity index (χ3n) is 9.24. The molecule has 0 unspecified atom stereocenters. The molecule has 5 heterocycles. The molecular formula is C38H23Li5N18O9S2. The second-order valence-electron chi connectivity index (χ2n) is 13.4. The van der Waals surface area contributed by atoms with Crippen LogP contribution in [0.5, 0.6) is 6.01 Å². The number of anilines is 2. The fourth-order valence-corrected chi connectivity index (χ4v) is 7.21. The van der Waals surface area contributed by atoms with Crippen LogP contribution in [0.4, 0.5) is 40.3 Å². The van der Waals surface area contributed by atoms with Gasteiger partial charge in [-0.25, -0.2) is 24.2 Å². The van der Waals surface area contributed by atoms with Crippen molar-refractivity contribution >= 4 is 87.7 Å². The summed E-state index contributed by atoms with van der Waals surface area (Å²) in [6.07, 6.45) is 3.21. The van der Waals surface area contributed by atoms with Crippen molar-refractivity contribution in [2.75, 3.05) is 24.0 Å². The normalized spacial score (nSPS) is 10.5. The molecule has 72 heavy (non-hydrogen) atoms. The van der Waals surface area contributed by atoms with Gasteiger partial charge in [-0.3, -0.25) is 0 Å². The van der Waals surface area contributed by atoms with Crippen LogP contribution < -0.4 is 131 Å². The second-order valence-corrected chi connectivity index (χ2v) is 14.9. The van der Waals surface area contributed by atoms with Gasteiger partial charge < -0.3 is 56.2 Å². The van der Waals surface area contributed by atoms with Crippen LogP contribution in [0.25, 0.3) is 27.9 Å². The largest absolute Gasteiger partial charge is 1.00 e. The molecule has 34 heteroatoms. The van der Waals surface area contributed by atoms with Crippen LogP contribution in [0, 0.1) is 31.8 Å². The first-order valence-electron chi connectivity index (χ1n) is 18.3. The monoisotopic (exact) mass is 974 g/mol. The number of hydrogen-bond donors (Lipinski definition) is 2. The number of nitrogens with zero attached hydrogens (tertiary/aromatic N) is 16. The van der Waals surface area contributed by atoms with E-state index < -0.39 is 52.1 Å². The zero-order valence-electron chi connectivity index (χ0n) is 39.3. The molecule has 0 aliphatic carbocycles. The summed E-state index contributed by atoms with van der Waals surface area (Å²) in [6, 6.07) is 8.00. The number of nitrogen functional groups attached to an aromatic ring is 2. The Balaban J connectivity index is 0.00000355. The number of carbonyl (C=O) groups excluding carboxylic acids is 4. The molecule has 7 rings (SSSR count). The first-order chi connectivity index (χ1) is 31.9. The first kappa shape index (κ1) is 61.6. The van der Waals surface area contributed by atoms with Crippen molar-refractivity contribution in [3.8, 4) is 35.1 Å². The van der Waals surface area contributed by atoms with E-state index >= 15 is 0 Å². The average Bonchev–Trinajstić information content (AvgIpc) is 4.02. The standard InChI is InChI=1S/C38H28N18O9S2.5Li/c1-14-25(45-47-30-22(13-39)32(66-4)51-53(30)20-8-16(34(57)58)6-17(9-20)35(59)60)28(40)55(49-14)23-12-24(44-38(65)43-23)56-29(41)26(15(2)50-56)46-48-31-27(42-3)33(67-5)52-54(31)21-10-18(36(61)62)7-19(11-21)37(63)64;;;;;/h6-12H,40-41H2,1-2,4-5H3,(H,57,58)(H,59,60)(H,61,62)(H,63,64)(H,43,44,65);;;;;/q;5*+1/p-5. The second kappa shape index (κ2) is 25.2. The summed E-state index contributed by atoms with van der Waals surface area (Å²) in [5.41, 5.74) is 10.4. The molecule has 4 N–H and O–H groups in total. The molecule has 0 spiro atoms. The van der Waals surface area contributed by atoms with E-state index in [1.165, 1.54) is 19.9 Å². The van der Waals surface area contributed by atoms with Gasteiger partial charge in [0.15, 0.2) is 46.3 Å². The van der Waals surface area contributed by atoms with E-state index in [4.69, 9.17) is 18.0 Å². The molecule has 0 saturated heterocycles. The number of aromatic nitrogens is 10. The maximum Gasteiger partial charge on any atom is 1.00 e. The zero-order valence-corrected chi connectivity index (χ0v) is 41.0. The SMILES string of the molecule is [C-]#[N+]c1c(SC)nn(-c2cc(C(=O)[O-])cc(C(=O)[O-])c2)c1N=Nc1c(C)nn(-c2cc(-n3nc(C)c(N=Nc4c(C#N)c(SC)nn4-c4cc(C(=O)[O-])cc(C(=O)[O-])c4)c3N)nc([O-])n2)c1N.[Li+].[Li+].[Li+].[Li+].[Li+]. The summed E-state index contributed by atoms with van der Waals surface area (Å²) in [6.45, 7) is 10.8. The number of hydrogen-bond acceptors (Lipinski definition) is 24. The summed E-state index contributed by atoms with van der Waals surface area (Å²) in [5, 5.41) is 104. The number of azo groups is 2. The van der Waals surface area contributed by atoms with E-state index in [2.05, 4.69) is 55.7 Å². The molecule has 336 valence electrons. The van der Waals surface area contributed by atoms with E-state index in [1.54, 1.807) is 12.5 Å². The third-order valence-corrected chi connectivity index (χ3v) is 10.6. The van der Waals surface area contributed by atoms with Crippen molar-refractivity contribution in [1.29, 1.82) is 5.26 Å². The maximum absolute atomic E-state index is 13.0. The van der Waals surface area contributed by atoms with Gasteiger partial charge >= 0.3 is 94.3 Å². The predicted molar refractivity (Wildman–Crippen MR) is 221 cm³/mol. The van der Waals surface area contributed by atoms with Gasteiger partial charge in [-0.15, -0.1) is 44.0 Å². The molecular weight excluding hydrogens is 951 g/mol. The van der Waals surface area contributed by atoms with E-state index in [9.17, 15) is 50.0 Å². The molecule has 2 aromatic carbocycles.